The predicted octanol–water partition coefficient (Wildman–Crippen LogP) is -0.487. The van der Waals surface area contributed by atoms with E-state index in [0.717, 1.165) is 11.0 Å². The van der Waals surface area contributed by atoms with Crippen molar-refractivity contribution < 1.29 is 4.79 Å². The Balaban J connectivity index is 2.56. The molecule has 0 spiro atoms. The Hall–Kier alpha value is -1.08. The number of thioether (sulfide) groups is 1. The minimum absolute atomic E-state index is 0.302. The number of carbonyl (C=O) groups is 1. The molecule has 4 N–H and O–H groups in total. The van der Waals surface area contributed by atoms with Gasteiger partial charge in [0.25, 0.3) is 0 Å². The van der Waals surface area contributed by atoms with Gasteiger partial charge in [0.2, 0.25) is 5.91 Å². The van der Waals surface area contributed by atoms with E-state index in [-0.39, 0.29) is 5.91 Å². The molecular formula is C8H15N5OS. The van der Waals surface area contributed by atoms with Crippen molar-refractivity contribution in [1.82, 2.24) is 14.8 Å². The van der Waals surface area contributed by atoms with E-state index in [1.165, 1.54) is 11.8 Å². The number of aromatic nitrogens is 3. The second-order valence-corrected chi connectivity index (χ2v) is 4.10. The van der Waals surface area contributed by atoms with E-state index >= 15 is 0 Å². The zero-order valence-corrected chi connectivity index (χ0v) is 9.46. The third-order valence-electron chi connectivity index (χ3n) is 1.83. The zero-order valence-electron chi connectivity index (χ0n) is 8.64. The fourth-order valence-electron chi connectivity index (χ4n) is 1.10. The molecule has 0 saturated carbocycles. The summed E-state index contributed by atoms with van der Waals surface area (Å²) < 4.78 is 1.94. The minimum atomic E-state index is -0.302. The number of hydrogen-bond donors (Lipinski definition) is 2. The second kappa shape index (κ2) is 5.72. The number of nitrogens with two attached hydrogens (primary N) is 2. The van der Waals surface area contributed by atoms with Gasteiger partial charge in [-0.05, 0) is 6.92 Å². The Kier molecular flexibility index (Phi) is 4.57. The summed E-state index contributed by atoms with van der Waals surface area (Å²) in [5.74, 6) is 1.16. The molecule has 15 heavy (non-hydrogen) atoms. The van der Waals surface area contributed by atoms with Gasteiger partial charge in [-0.2, -0.15) is 0 Å². The quantitative estimate of drug-likeness (QED) is 0.641. The Labute approximate surface area is 92.4 Å². The lowest BCUT2D eigenvalue weighted by molar-refractivity contribution is -0.117. The van der Waals surface area contributed by atoms with Crippen LogP contribution >= 0.6 is 11.8 Å². The number of nitrogens with zero attached hydrogens (tertiary/aromatic N) is 3. The fourth-order valence-corrected chi connectivity index (χ4v) is 2.06. The molecule has 0 unspecified atom stereocenters. The number of rotatable bonds is 6. The monoisotopic (exact) mass is 229 g/mol. The molecule has 0 saturated heterocycles. The van der Waals surface area contributed by atoms with Crippen LogP contribution in [0.1, 0.15) is 12.2 Å². The van der Waals surface area contributed by atoms with E-state index in [0.29, 0.717) is 25.3 Å². The Bertz CT molecular complexity index is 338. The highest BCUT2D eigenvalue weighted by molar-refractivity contribution is 7.99. The van der Waals surface area contributed by atoms with E-state index in [4.69, 9.17) is 11.5 Å². The summed E-state index contributed by atoms with van der Waals surface area (Å²) in [6.07, 6.45) is 0.346. The first-order chi connectivity index (χ1) is 7.15. The van der Waals surface area contributed by atoms with E-state index in [1.807, 2.05) is 11.5 Å². The molecule has 1 rings (SSSR count). The summed E-state index contributed by atoms with van der Waals surface area (Å²) in [7, 11) is 0. The highest BCUT2D eigenvalue weighted by atomic mass is 32.2. The van der Waals surface area contributed by atoms with Crippen molar-refractivity contribution >= 4 is 17.7 Å². The molecule has 1 heterocycles. The van der Waals surface area contributed by atoms with Crippen molar-refractivity contribution in [2.45, 2.75) is 25.0 Å². The highest BCUT2D eigenvalue weighted by Gasteiger charge is 2.08. The van der Waals surface area contributed by atoms with Gasteiger partial charge < -0.3 is 16.0 Å². The van der Waals surface area contributed by atoms with Gasteiger partial charge in [-0.25, -0.2) is 0 Å². The summed E-state index contributed by atoms with van der Waals surface area (Å²) >= 11 is 1.47. The van der Waals surface area contributed by atoms with Crippen LogP contribution < -0.4 is 11.5 Å². The number of carbonyl (C=O) groups excluding carboxylic acids is 1. The number of amides is 1. The lowest BCUT2D eigenvalue weighted by Gasteiger charge is -2.05. The zero-order chi connectivity index (χ0) is 11.3. The van der Waals surface area contributed by atoms with Gasteiger partial charge in [0.1, 0.15) is 5.82 Å². The minimum Gasteiger partial charge on any atom is -0.370 e. The van der Waals surface area contributed by atoms with Crippen molar-refractivity contribution in [2.24, 2.45) is 11.5 Å². The topological polar surface area (TPSA) is 99.8 Å². The molecule has 1 aromatic heterocycles. The number of hydrogen-bond acceptors (Lipinski definition) is 5. The van der Waals surface area contributed by atoms with Crippen LogP contribution in [0.5, 0.6) is 0 Å². The Morgan fingerprint density at radius 2 is 2.27 bits per heavy atom. The van der Waals surface area contributed by atoms with Gasteiger partial charge in [-0.3, -0.25) is 4.79 Å². The van der Waals surface area contributed by atoms with Crippen LogP contribution in [0.15, 0.2) is 5.16 Å². The van der Waals surface area contributed by atoms with Gasteiger partial charge in [0.15, 0.2) is 5.16 Å². The van der Waals surface area contributed by atoms with Gasteiger partial charge in [0, 0.05) is 25.3 Å². The third kappa shape index (κ3) is 3.52. The van der Waals surface area contributed by atoms with Crippen LogP contribution in [0.4, 0.5) is 0 Å². The average molecular weight is 229 g/mol. The molecule has 0 aromatic carbocycles. The van der Waals surface area contributed by atoms with Crippen molar-refractivity contribution in [3.63, 3.8) is 0 Å². The molecule has 0 radical (unpaired) electrons. The standard InChI is InChI=1S/C8H15N5OS/c1-6-11-12-8(13(6)4-3-9)15-5-2-7(10)14/h2-5,9H2,1H3,(H2,10,14). The van der Waals surface area contributed by atoms with Crippen molar-refractivity contribution in [2.75, 3.05) is 12.3 Å². The van der Waals surface area contributed by atoms with Crippen LogP contribution in [0.25, 0.3) is 0 Å². The van der Waals surface area contributed by atoms with Crippen LogP contribution in [0, 0.1) is 6.92 Å². The molecule has 7 heteroatoms. The van der Waals surface area contributed by atoms with Crippen LogP contribution in [0.3, 0.4) is 0 Å². The number of primary amides is 1. The van der Waals surface area contributed by atoms with E-state index in [2.05, 4.69) is 10.2 Å². The summed E-state index contributed by atoms with van der Waals surface area (Å²) in [6, 6.07) is 0. The number of aryl methyl sites for hydroxylation is 1. The van der Waals surface area contributed by atoms with Crippen molar-refractivity contribution in [3.05, 3.63) is 5.82 Å². The van der Waals surface area contributed by atoms with Crippen molar-refractivity contribution in [1.29, 1.82) is 0 Å². The maximum Gasteiger partial charge on any atom is 0.218 e. The highest BCUT2D eigenvalue weighted by Crippen LogP contribution is 2.16. The van der Waals surface area contributed by atoms with Gasteiger partial charge in [-0.15, -0.1) is 10.2 Å². The first kappa shape index (κ1) is 12.0. The average Bonchev–Trinajstić information content (AvgIpc) is 2.50. The summed E-state index contributed by atoms with van der Waals surface area (Å²) in [5.41, 5.74) is 10.5. The molecule has 0 aliphatic carbocycles. The van der Waals surface area contributed by atoms with Gasteiger partial charge in [-0.1, -0.05) is 11.8 Å². The Morgan fingerprint density at radius 1 is 1.53 bits per heavy atom. The van der Waals surface area contributed by atoms with Crippen molar-refractivity contribution in [3.8, 4) is 0 Å². The van der Waals surface area contributed by atoms with E-state index in [1.54, 1.807) is 0 Å². The lowest BCUT2D eigenvalue weighted by Crippen LogP contribution is -2.13. The second-order valence-electron chi connectivity index (χ2n) is 3.03. The third-order valence-corrected chi connectivity index (χ3v) is 2.80. The van der Waals surface area contributed by atoms with Crippen LogP contribution in [-0.4, -0.2) is 33.0 Å². The van der Waals surface area contributed by atoms with Gasteiger partial charge >= 0.3 is 0 Å². The fraction of sp³-hybridized carbons (Fsp3) is 0.625. The molecule has 1 aromatic rings. The summed E-state index contributed by atoms with van der Waals surface area (Å²) in [5, 5.41) is 8.74. The predicted molar refractivity (Wildman–Crippen MR) is 58.3 cm³/mol. The molecule has 0 atom stereocenters. The Morgan fingerprint density at radius 3 is 2.87 bits per heavy atom. The molecular weight excluding hydrogens is 214 g/mol. The van der Waals surface area contributed by atoms with E-state index < -0.39 is 0 Å². The van der Waals surface area contributed by atoms with Crippen LogP contribution in [0.2, 0.25) is 0 Å². The largest absolute Gasteiger partial charge is 0.370 e. The molecule has 1 amide bonds. The molecule has 84 valence electrons. The lowest BCUT2D eigenvalue weighted by atomic mass is 10.5. The summed E-state index contributed by atoms with van der Waals surface area (Å²) in [4.78, 5) is 10.6. The molecule has 0 bridgehead atoms. The molecule has 0 fully saturated rings. The molecule has 0 aliphatic rings. The first-order valence-electron chi connectivity index (χ1n) is 4.66. The van der Waals surface area contributed by atoms with Gasteiger partial charge in [0.05, 0.1) is 0 Å². The molecule has 6 nitrogen and oxygen atoms in total. The maximum atomic E-state index is 10.6. The normalized spacial score (nSPS) is 10.5. The summed E-state index contributed by atoms with van der Waals surface area (Å²) in [6.45, 7) is 3.11. The SMILES string of the molecule is Cc1nnc(SCCC(N)=O)n1CCN. The molecule has 0 aliphatic heterocycles. The maximum absolute atomic E-state index is 10.6. The van der Waals surface area contributed by atoms with E-state index in [9.17, 15) is 4.79 Å². The first-order valence-corrected chi connectivity index (χ1v) is 5.64. The smallest absolute Gasteiger partial charge is 0.218 e. The van der Waals surface area contributed by atoms with Crippen LogP contribution in [-0.2, 0) is 11.3 Å².